The van der Waals surface area contributed by atoms with Gasteiger partial charge >= 0.3 is 0 Å². The summed E-state index contributed by atoms with van der Waals surface area (Å²) >= 11 is 0. The van der Waals surface area contributed by atoms with Crippen LogP contribution in [0.3, 0.4) is 0 Å². The van der Waals surface area contributed by atoms with Crippen molar-refractivity contribution in [3.05, 3.63) is 29.8 Å². The van der Waals surface area contributed by atoms with Crippen LogP contribution in [-0.4, -0.2) is 19.1 Å². The Balaban J connectivity index is 2.42. The van der Waals surface area contributed by atoms with E-state index in [1.807, 2.05) is 24.3 Å². The Labute approximate surface area is 103 Å². The van der Waals surface area contributed by atoms with E-state index >= 15 is 0 Å². The van der Waals surface area contributed by atoms with E-state index in [1.54, 1.807) is 0 Å². The summed E-state index contributed by atoms with van der Waals surface area (Å²) in [6, 6.07) is 7.81. The van der Waals surface area contributed by atoms with Crippen molar-refractivity contribution in [3.8, 4) is 5.75 Å². The lowest BCUT2D eigenvalue weighted by Crippen LogP contribution is -2.31. The van der Waals surface area contributed by atoms with Crippen LogP contribution in [0.25, 0.3) is 0 Å². The molecule has 1 rings (SSSR count). The molecule has 0 heterocycles. The lowest BCUT2D eigenvalue weighted by molar-refractivity contribution is -0.123. The molecule has 0 fully saturated rings. The number of benzene rings is 1. The summed E-state index contributed by atoms with van der Waals surface area (Å²) in [5.41, 5.74) is 1.13. The van der Waals surface area contributed by atoms with Crippen molar-refractivity contribution in [2.24, 2.45) is 5.92 Å². The first kappa shape index (κ1) is 13.6. The second-order valence-corrected chi connectivity index (χ2v) is 4.45. The van der Waals surface area contributed by atoms with Gasteiger partial charge in [-0.3, -0.25) is 4.79 Å². The molecule has 0 aromatic heterocycles. The number of ether oxygens (including phenoxy) is 1. The average Bonchev–Trinajstić information content (AvgIpc) is 2.34. The van der Waals surface area contributed by atoms with Crippen LogP contribution in [0, 0.1) is 5.92 Å². The molecule has 0 bridgehead atoms. The van der Waals surface area contributed by atoms with Gasteiger partial charge in [0.2, 0.25) is 0 Å². The van der Waals surface area contributed by atoms with Crippen molar-refractivity contribution in [3.63, 3.8) is 0 Å². The molecule has 0 aliphatic rings. The molecule has 3 heteroatoms. The first-order valence-corrected chi connectivity index (χ1v) is 6.10. The van der Waals surface area contributed by atoms with Gasteiger partial charge in [-0.25, -0.2) is 0 Å². The minimum absolute atomic E-state index is 0.0652. The third-order valence-corrected chi connectivity index (χ3v) is 2.42. The number of carbonyl (C=O) groups is 1. The first-order chi connectivity index (χ1) is 8.13. The number of aryl methyl sites for hydroxylation is 1. The van der Waals surface area contributed by atoms with E-state index in [-0.39, 0.29) is 12.5 Å². The minimum atomic E-state index is -0.0652. The molecule has 0 unspecified atom stereocenters. The SMILES string of the molecule is CCc1ccccc1OCC(=O)NCC(C)C. The third-order valence-electron chi connectivity index (χ3n) is 2.42. The summed E-state index contributed by atoms with van der Waals surface area (Å²) < 4.78 is 5.51. The lowest BCUT2D eigenvalue weighted by atomic mass is 10.1. The molecule has 1 aromatic rings. The molecule has 17 heavy (non-hydrogen) atoms. The van der Waals surface area contributed by atoms with Crippen LogP contribution in [0.15, 0.2) is 24.3 Å². The first-order valence-electron chi connectivity index (χ1n) is 6.10. The fraction of sp³-hybridized carbons (Fsp3) is 0.500. The van der Waals surface area contributed by atoms with E-state index in [9.17, 15) is 4.79 Å². The van der Waals surface area contributed by atoms with E-state index in [0.717, 1.165) is 17.7 Å². The second kappa shape index (κ2) is 6.94. The van der Waals surface area contributed by atoms with Crippen molar-refractivity contribution in [1.82, 2.24) is 5.32 Å². The number of amides is 1. The van der Waals surface area contributed by atoms with Gasteiger partial charge in [0, 0.05) is 6.54 Å². The zero-order valence-corrected chi connectivity index (χ0v) is 10.8. The fourth-order valence-electron chi connectivity index (χ4n) is 1.45. The maximum atomic E-state index is 11.5. The number of nitrogens with one attached hydrogen (secondary N) is 1. The highest BCUT2D eigenvalue weighted by atomic mass is 16.5. The zero-order chi connectivity index (χ0) is 12.7. The van der Waals surface area contributed by atoms with Crippen LogP contribution in [0.5, 0.6) is 5.75 Å². The summed E-state index contributed by atoms with van der Waals surface area (Å²) in [4.78, 5) is 11.5. The number of hydrogen-bond acceptors (Lipinski definition) is 2. The van der Waals surface area contributed by atoms with E-state index in [2.05, 4.69) is 26.1 Å². The molecule has 0 radical (unpaired) electrons. The number of rotatable bonds is 6. The van der Waals surface area contributed by atoms with Gasteiger partial charge in [-0.05, 0) is 24.0 Å². The molecule has 0 aliphatic carbocycles. The number of para-hydroxylation sites is 1. The summed E-state index contributed by atoms with van der Waals surface area (Å²) in [5, 5.41) is 2.83. The fourth-order valence-corrected chi connectivity index (χ4v) is 1.45. The van der Waals surface area contributed by atoms with E-state index in [0.29, 0.717) is 12.5 Å². The molecule has 94 valence electrons. The largest absolute Gasteiger partial charge is 0.483 e. The van der Waals surface area contributed by atoms with Gasteiger partial charge in [0.25, 0.3) is 5.91 Å². The van der Waals surface area contributed by atoms with Crippen LogP contribution < -0.4 is 10.1 Å². The van der Waals surface area contributed by atoms with Crippen LogP contribution in [-0.2, 0) is 11.2 Å². The molecular formula is C14H21NO2. The van der Waals surface area contributed by atoms with Crippen LogP contribution in [0.2, 0.25) is 0 Å². The van der Waals surface area contributed by atoms with Gasteiger partial charge in [0.1, 0.15) is 5.75 Å². The van der Waals surface area contributed by atoms with Crippen LogP contribution in [0.4, 0.5) is 0 Å². The lowest BCUT2D eigenvalue weighted by Gasteiger charge is -2.11. The highest BCUT2D eigenvalue weighted by Gasteiger charge is 2.05. The van der Waals surface area contributed by atoms with Crippen LogP contribution in [0.1, 0.15) is 26.3 Å². The van der Waals surface area contributed by atoms with Crippen molar-refractivity contribution in [1.29, 1.82) is 0 Å². The van der Waals surface area contributed by atoms with Gasteiger partial charge in [0.05, 0.1) is 0 Å². The predicted octanol–water partition coefficient (Wildman–Crippen LogP) is 2.40. The van der Waals surface area contributed by atoms with Crippen molar-refractivity contribution < 1.29 is 9.53 Å². The Morgan fingerprint density at radius 2 is 2.06 bits per heavy atom. The zero-order valence-electron chi connectivity index (χ0n) is 10.8. The Hall–Kier alpha value is -1.51. The maximum absolute atomic E-state index is 11.5. The molecule has 0 atom stereocenters. The molecular weight excluding hydrogens is 214 g/mol. The van der Waals surface area contributed by atoms with Gasteiger partial charge < -0.3 is 10.1 Å². The van der Waals surface area contributed by atoms with Gasteiger partial charge in [-0.15, -0.1) is 0 Å². The normalized spacial score (nSPS) is 10.4. The molecule has 0 saturated carbocycles. The molecule has 0 aliphatic heterocycles. The summed E-state index contributed by atoms with van der Waals surface area (Å²) in [6.07, 6.45) is 0.907. The number of carbonyl (C=O) groups excluding carboxylic acids is 1. The minimum Gasteiger partial charge on any atom is -0.483 e. The molecule has 1 N–H and O–H groups in total. The monoisotopic (exact) mass is 235 g/mol. The number of hydrogen-bond donors (Lipinski definition) is 1. The van der Waals surface area contributed by atoms with Crippen molar-refractivity contribution in [2.75, 3.05) is 13.2 Å². The standard InChI is InChI=1S/C14H21NO2/c1-4-12-7-5-6-8-13(12)17-10-14(16)15-9-11(2)3/h5-8,11H,4,9-10H2,1-3H3,(H,15,16). The van der Waals surface area contributed by atoms with Crippen molar-refractivity contribution >= 4 is 5.91 Å². The van der Waals surface area contributed by atoms with E-state index in [4.69, 9.17) is 4.74 Å². The Bertz CT molecular complexity index is 361. The maximum Gasteiger partial charge on any atom is 0.257 e. The van der Waals surface area contributed by atoms with E-state index in [1.165, 1.54) is 0 Å². The quantitative estimate of drug-likeness (QED) is 0.822. The highest BCUT2D eigenvalue weighted by Crippen LogP contribution is 2.17. The van der Waals surface area contributed by atoms with E-state index < -0.39 is 0 Å². The summed E-state index contributed by atoms with van der Waals surface area (Å²) in [5.74, 6) is 1.20. The third kappa shape index (κ3) is 4.89. The Morgan fingerprint density at radius 3 is 2.71 bits per heavy atom. The molecule has 0 saturated heterocycles. The summed E-state index contributed by atoms with van der Waals surface area (Å²) in [6.45, 7) is 6.98. The molecule has 0 spiro atoms. The predicted molar refractivity (Wildman–Crippen MR) is 69.2 cm³/mol. The Morgan fingerprint density at radius 1 is 1.35 bits per heavy atom. The highest BCUT2D eigenvalue weighted by molar-refractivity contribution is 5.77. The van der Waals surface area contributed by atoms with Gasteiger partial charge in [-0.1, -0.05) is 39.0 Å². The molecule has 1 aromatic carbocycles. The second-order valence-electron chi connectivity index (χ2n) is 4.45. The van der Waals surface area contributed by atoms with Gasteiger partial charge in [0.15, 0.2) is 6.61 Å². The van der Waals surface area contributed by atoms with Crippen molar-refractivity contribution in [2.45, 2.75) is 27.2 Å². The smallest absolute Gasteiger partial charge is 0.257 e. The summed E-state index contributed by atoms with van der Waals surface area (Å²) in [7, 11) is 0. The topological polar surface area (TPSA) is 38.3 Å². The molecule has 3 nitrogen and oxygen atoms in total. The van der Waals surface area contributed by atoms with Crippen LogP contribution >= 0.6 is 0 Å². The Kier molecular flexibility index (Phi) is 5.53. The van der Waals surface area contributed by atoms with Gasteiger partial charge in [-0.2, -0.15) is 0 Å². The average molecular weight is 235 g/mol. The molecule has 1 amide bonds.